The molecule has 1 aliphatic rings. The third-order valence-electron chi connectivity index (χ3n) is 5.53. The predicted octanol–water partition coefficient (Wildman–Crippen LogP) is 3.10. The van der Waals surface area contributed by atoms with Crippen molar-refractivity contribution in [3.05, 3.63) is 66.1 Å². The average Bonchev–Trinajstić information content (AvgIpc) is 3.36. The van der Waals surface area contributed by atoms with Gasteiger partial charge in [-0.1, -0.05) is 0 Å². The molecule has 4 aromatic rings. The number of nitrogens with zero attached hydrogens (tertiary/aromatic N) is 4. The molecule has 166 valence electrons. The number of aldehydes is 1. The topological polar surface area (TPSA) is 81.8 Å². The van der Waals surface area contributed by atoms with Gasteiger partial charge in [-0.05, 0) is 56.4 Å². The van der Waals surface area contributed by atoms with Crippen molar-refractivity contribution in [3.63, 3.8) is 0 Å². The predicted molar refractivity (Wildman–Crippen MR) is 124 cm³/mol. The summed E-state index contributed by atoms with van der Waals surface area (Å²) in [4.78, 5) is 11.1. The number of halogens is 1. The van der Waals surface area contributed by atoms with E-state index in [1.54, 1.807) is 39.8 Å². The van der Waals surface area contributed by atoms with Crippen LogP contribution in [-0.4, -0.2) is 54.1 Å². The number of aryl methyl sites for hydroxylation is 1. The lowest BCUT2D eigenvalue weighted by atomic mass is 10.1. The highest BCUT2D eigenvalue weighted by Crippen LogP contribution is 2.30. The number of hydrogen-bond donors (Lipinski definition) is 1. The summed E-state index contributed by atoms with van der Waals surface area (Å²) in [6.07, 6.45) is 2.50. The van der Waals surface area contributed by atoms with Crippen molar-refractivity contribution >= 4 is 28.0 Å². The fourth-order valence-corrected chi connectivity index (χ4v) is 5.22. The fraction of sp³-hybridized carbons (Fsp3) is 0.261. The Morgan fingerprint density at radius 2 is 1.88 bits per heavy atom. The molecular formula is C23H24FN5O2S. The summed E-state index contributed by atoms with van der Waals surface area (Å²) < 4.78 is 27.3. The molecule has 7 nitrogen and oxygen atoms in total. The van der Waals surface area contributed by atoms with Gasteiger partial charge in [0.1, 0.15) is 17.8 Å². The van der Waals surface area contributed by atoms with Crippen LogP contribution in [0.4, 0.5) is 4.39 Å². The molecule has 0 bridgehead atoms. The monoisotopic (exact) mass is 453 g/mol. The molecule has 2 aromatic heterocycles. The summed E-state index contributed by atoms with van der Waals surface area (Å²) in [7, 11) is 3.22. The Morgan fingerprint density at radius 1 is 1.16 bits per heavy atom. The Kier molecular flexibility index (Phi) is 6.03. The minimum absolute atomic E-state index is 0.185. The second-order valence-corrected chi connectivity index (χ2v) is 9.47. The van der Waals surface area contributed by atoms with Crippen LogP contribution in [0.15, 0.2) is 54.7 Å². The number of carbonyl (C=O) groups excluding carboxylic acids is 1. The lowest BCUT2D eigenvalue weighted by Crippen LogP contribution is -2.58. The van der Waals surface area contributed by atoms with Crippen LogP contribution < -0.4 is 5.32 Å². The van der Waals surface area contributed by atoms with E-state index in [1.165, 1.54) is 12.1 Å². The van der Waals surface area contributed by atoms with E-state index >= 15 is 0 Å². The first kappa shape index (κ1) is 22.0. The summed E-state index contributed by atoms with van der Waals surface area (Å²) in [5.74, 6) is 2.14. The molecule has 2 aromatic carbocycles. The number of aromatic nitrogens is 4. The van der Waals surface area contributed by atoms with Crippen molar-refractivity contribution in [1.29, 1.82) is 0 Å². The van der Waals surface area contributed by atoms with Gasteiger partial charge >= 0.3 is 0 Å². The zero-order chi connectivity index (χ0) is 22.9. The summed E-state index contributed by atoms with van der Waals surface area (Å²) >= 11 is 0. The van der Waals surface area contributed by atoms with Crippen molar-refractivity contribution in [2.24, 2.45) is 7.05 Å². The SMILES string of the molecule is CNC1(C)CS(=O)C1.Cn1nccc1-n1nc(-c2ccc(F)cc2)c2cc(C=O)ccc21. The summed E-state index contributed by atoms with van der Waals surface area (Å²) in [6, 6.07) is 13.4. The standard InChI is InChI=1S/C18H13FN4O.C5H11NOS/c1-22-17(8-9-20-22)23-16-7-2-12(11-24)10-15(16)18(21-23)13-3-5-14(19)6-4-13;1-5(6-2)3-8(7)4-5/h2-11H,1H3;6H,3-4H2,1-2H3. The lowest BCUT2D eigenvalue weighted by molar-refractivity contribution is 0.112. The van der Waals surface area contributed by atoms with Gasteiger partial charge in [0.2, 0.25) is 0 Å². The quantitative estimate of drug-likeness (QED) is 0.480. The van der Waals surface area contributed by atoms with Gasteiger partial charge in [-0.2, -0.15) is 10.2 Å². The van der Waals surface area contributed by atoms with Crippen molar-refractivity contribution < 1.29 is 13.4 Å². The smallest absolute Gasteiger partial charge is 0.152 e. The van der Waals surface area contributed by atoms with E-state index in [4.69, 9.17) is 0 Å². The van der Waals surface area contributed by atoms with Crippen LogP contribution in [0.25, 0.3) is 28.0 Å². The number of rotatable bonds is 4. The first-order chi connectivity index (χ1) is 15.3. The van der Waals surface area contributed by atoms with E-state index < -0.39 is 10.8 Å². The van der Waals surface area contributed by atoms with Crippen molar-refractivity contribution in [2.75, 3.05) is 18.6 Å². The molecule has 0 spiro atoms. The Balaban J connectivity index is 0.000000260. The molecule has 0 saturated carbocycles. The molecule has 5 rings (SSSR count). The maximum atomic E-state index is 13.2. The Hall–Kier alpha value is -3.17. The lowest BCUT2D eigenvalue weighted by Gasteiger charge is -2.36. The van der Waals surface area contributed by atoms with Crippen LogP contribution in [0.2, 0.25) is 0 Å². The van der Waals surface area contributed by atoms with Crippen LogP contribution in [0.1, 0.15) is 17.3 Å². The van der Waals surface area contributed by atoms with Crippen molar-refractivity contribution in [1.82, 2.24) is 24.9 Å². The van der Waals surface area contributed by atoms with Gasteiger partial charge in [-0.3, -0.25) is 13.7 Å². The van der Waals surface area contributed by atoms with Gasteiger partial charge in [-0.25, -0.2) is 9.07 Å². The minimum atomic E-state index is -0.524. The molecule has 32 heavy (non-hydrogen) atoms. The van der Waals surface area contributed by atoms with E-state index in [1.807, 2.05) is 26.2 Å². The molecule has 0 unspecified atom stereocenters. The van der Waals surface area contributed by atoms with E-state index in [9.17, 15) is 13.4 Å². The van der Waals surface area contributed by atoms with E-state index in [2.05, 4.69) is 22.4 Å². The third kappa shape index (κ3) is 4.26. The molecule has 3 heterocycles. The van der Waals surface area contributed by atoms with Crippen LogP contribution in [0.3, 0.4) is 0 Å². The van der Waals surface area contributed by atoms with Crippen molar-refractivity contribution in [3.8, 4) is 17.1 Å². The number of carbonyl (C=O) groups is 1. The maximum Gasteiger partial charge on any atom is 0.152 e. The maximum absolute atomic E-state index is 13.2. The van der Waals surface area contributed by atoms with Gasteiger partial charge in [-0.15, -0.1) is 0 Å². The number of fused-ring (bicyclic) bond motifs is 1. The second kappa shape index (κ2) is 8.76. The highest BCUT2D eigenvalue weighted by Gasteiger charge is 2.36. The zero-order valence-electron chi connectivity index (χ0n) is 18.1. The molecule has 1 N–H and O–H groups in total. The largest absolute Gasteiger partial charge is 0.313 e. The highest BCUT2D eigenvalue weighted by molar-refractivity contribution is 7.86. The second-order valence-electron chi connectivity index (χ2n) is 8.01. The Labute approximate surface area is 187 Å². The Morgan fingerprint density at radius 3 is 2.41 bits per heavy atom. The van der Waals surface area contributed by atoms with E-state index in [0.717, 1.165) is 40.1 Å². The number of nitrogens with one attached hydrogen (secondary N) is 1. The summed E-state index contributed by atoms with van der Waals surface area (Å²) in [6.45, 7) is 2.09. The zero-order valence-corrected chi connectivity index (χ0v) is 18.9. The molecule has 0 aliphatic carbocycles. The number of hydrogen-bond acceptors (Lipinski definition) is 5. The normalized spacial score (nSPS) is 19.8. The summed E-state index contributed by atoms with van der Waals surface area (Å²) in [5, 5.41) is 12.8. The first-order valence-electron chi connectivity index (χ1n) is 10.1. The van der Waals surface area contributed by atoms with Crippen LogP contribution in [0.5, 0.6) is 0 Å². The molecular weight excluding hydrogens is 429 g/mol. The average molecular weight is 454 g/mol. The van der Waals surface area contributed by atoms with Crippen LogP contribution in [0, 0.1) is 5.82 Å². The number of benzene rings is 2. The van der Waals surface area contributed by atoms with Gasteiger partial charge in [0.25, 0.3) is 0 Å². The Bertz CT molecular complexity index is 1290. The van der Waals surface area contributed by atoms with E-state index in [0.29, 0.717) is 11.3 Å². The third-order valence-corrected chi connectivity index (χ3v) is 7.45. The molecule has 1 aliphatic heterocycles. The first-order valence-corrected chi connectivity index (χ1v) is 11.6. The van der Waals surface area contributed by atoms with Gasteiger partial charge < -0.3 is 5.32 Å². The molecule has 9 heteroatoms. The van der Waals surface area contributed by atoms with Crippen molar-refractivity contribution in [2.45, 2.75) is 12.5 Å². The molecule has 1 saturated heterocycles. The molecule has 0 atom stereocenters. The minimum Gasteiger partial charge on any atom is -0.313 e. The van der Waals surface area contributed by atoms with Gasteiger partial charge in [0.05, 0.1) is 11.7 Å². The fourth-order valence-electron chi connectivity index (χ4n) is 3.59. The molecule has 1 fully saturated rings. The summed E-state index contributed by atoms with van der Waals surface area (Å²) in [5.41, 5.74) is 3.07. The highest BCUT2D eigenvalue weighted by atomic mass is 32.2. The van der Waals surface area contributed by atoms with Crippen LogP contribution in [-0.2, 0) is 17.8 Å². The van der Waals surface area contributed by atoms with E-state index in [-0.39, 0.29) is 11.4 Å². The molecule has 0 amide bonds. The van der Waals surface area contributed by atoms with Gasteiger partial charge in [0, 0.05) is 57.5 Å². The van der Waals surface area contributed by atoms with Crippen LogP contribution >= 0.6 is 0 Å². The van der Waals surface area contributed by atoms with Gasteiger partial charge in [0.15, 0.2) is 5.82 Å². The molecule has 0 radical (unpaired) electrons.